The van der Waals surface area contributed by atoms with Crippen LogP contribution in [0.25, 0.3) is 0 Å². The van der Waals surface area contributed by atoms with Crippen molar-refractivity contribution in [2.24, 2.45) is 0 Å². The quantitative estimate of drug-likeness (QED) is 0.275. The number of carbonyl (C=O) groups excluding carboxylic acids is 5. The fourth-order valence-corrected chi connectivity index (χ4v) is 3.52. The number of ether oxygens (including phenoxy) is 4. The van der Waals surface area contributed by atoms with E-state index in [1.165, 1.54) is 13.2 Å². The van der Waals surface area contributed by atoms with Crippen LogP contribution in [0.4, 0.5) is 4.79 Å². The number of rotatable bonds is 9. The van der Waals surface area contributed by atoms with Gasteiger partial charge in [0.1, 0.15) is 18.2 Å². The van der Waals surface area contributed by atoms with E-state index in [0.29, 0.717) is 11.1 Å². The van der Waals surface area contributed by atoms with Crippen molar-refractivity contribution < 1.29 is 42.9 Å². The first-order chi connectivity index (χ1) is 17.4. The van der Waals surface area contributed by atoms with Crippen molar-refractivity contribution in [1.82, 2.24) is 9.80 Å². The Kier molecular flexibility index (Phi) is 10.2. The van der Waals surface area contributed by atoms with Crippen LogP contribution in [0.1, 0.15) is 51.4 Å². The van der Waals surface area contributed by atoms with Crippen LogP contribution in [0.5, 0.6) is 0 Å². The minimum atomic E-state index is -1.66. The zero-order valence-electron chi connectivity index (χ0n) is 22.0. The fourth-order valence-electron chi connectivity index (χ4n) is 3.52. The summed E-state index contributed by atoms with van der Waals surface area (Å²) in [7, 11) is 1.25. The monoisotopic (exact) mass is 518 g/mol. The van der Waals surface area contributed by atoms with Gasteiger partial charge in [0.05, 0.1) is 18.8 Å². The summed E-state index contributed by atoms with van der Waals surface area (Å²) >= 11 is 0. The second-order valence-corrected chi connectivity index (χ2v) is 9.19. The summed E-state index contributed by atoms with van der Waals surface area (Å²) in [6, 6.07) is 5.55. The predicted molar refractivity (Wildman–Crippen MR) is 131 cm³/mol. The van der Waals surface area contributed by atoms with Crippen molar-refractivity contribution in [3.63, 3.8) is 0 Å². The zero-order valence-corrected chi connectivity index (χ0v) is 22.0. The molecule has 0 fully saturated rings. The molecule has 0 radical (unpaired) electrons. The maximum Gasteiger partial charge on any atom is 0.415 e. The summed E-state index contributed by atoms with van der Waals surface area (Å²) in [5, 5.41) is 0. The summed E-state index contributed by atoms with van der Waals surface area (Å²) < 4.78 is 20.7. The zero-order chi connectivity index (χ0) is 27.8. The fraction of sp³-hybridized carbons (Fsp3) is 0.500. The van der Waals surface area contributed by atoms with E-state index in [1.54, 1.807) is 65.0 Å². The average molecular weight is 519 g/mol. The Morgan fingerprint density at radius 1 is 0.973 bits per heavy atom. The topological polar surface area (TPSA) is 129 Å². The SMILES string of the molecule is CCOC(=O)C(C(=O)OCC)N(C)C(=O)C1CC(COC(=O)c2ccccc2)=CN1C(=O)OC(C)(C)C. The lowest BCUT2D eigenvalue weighted by Gasteiger charge is -2.31. The van der Waals surface area contributed by atoms with E-state index in [-0.39, 0.29) is 26.2 Å². The van der Waals surface area contributed by atoms with Gasteiger partial charge in [0.15, 0.2) is 0 Å². The lowest BCUT2D eigenvalue weighted by atomic mass is 10.1. The van der Waals surface area contributed by atoms with Gasteiger partial charge < -0.3 is 23.8 Å². The number of benzene rings is 1. The lowest BCUT2D eigenvalue weighted by Crippen LogP contribution is -2.55. The first kappa shape index (κ1) is 29.3. The Morgan fingerprint density at radius 2 is 1.54 bits per heavy atom. The Morgan fingerprint density at radius 3 is 2.05 bits per heavy atom. The molecule has 1 aromatic carbocycles. The molecule has 0 aliphatic carbocycles. The molecule has 0 aromatic heterocycles. The maximum absolute atomic E-state index is 13.5. The number of carbonyl (C=O) groups is 5. The van der Waals surface area contributed by atoms with Gasteiger partial charge in [0.25, 0.3) is 0 Å². The van der Waals surface area contributed by atoms with Gasteiger partial charge in [-0.3, -0.25) is 9.69 Å². The third-order valence-corrected chi connectivity index (χ3v) is 5.16. The largest absolute Gasteiger partial charge is 0.464 e. The van der Waals surface area contributed by atoms with Crippen LogP contribution in [0.2, 0.25) is 0 Å². The standard InChI is InChI=1S/C26H34N2O9/c1-7-34-23(31)20(24(32)35-8-2)27(6)21(29)19-14-17(15-28(19)25(33)37-26(3,4)5)16-36-22(30)18-12-10-9-11-13-18/h9-13,15,19-20H,7-8,14,16H2,1-6H3. The molecule has 1 aliphatic heterocycles. The number of nitrogens with zero attached hydrogens (tertiary/aromatic N) is 2. The molecule has 1 heterocycles. The van der Waals surface area contributed by atoms with Crippen molar-refractivity contribution in [1.29, 1.82) is 0 Å². The van der Waals surface area contributed by atoms with E-state index < -0.39 is 47.6 Å². The second-order valence-electron chi connectivity index (χ2n) is 9.19. The van der Waals surface area contributed by atoms with Gasteiger partial charge in [0, 0.05) is 19.7 Å². The van der Waals surface area contributed by atoms with Gasteiger partial charge in [0.2, 0.25) is 11.9 Å². The van der Waals surface area contributed by atoms with Crippen LogP contribution in [0.3, 0.4) is 0 Å². The Balaban J connectivity index is 2.27. The van der Waals surface area contributed by atoms with E-state index in [9.17, 15) is 24.0 Å². The van der Waals surface area contributed by atoms with Gasteiger partial charge in [-0.15, -0.1) is 0 Å². The molecule has 202 valence electrons. The molecule has 0 bridgehead atoms. The van der Waals surface area contributed by atoms with E-state index in [1.807, 2.05) is 0 Å². The Hall–Kier alpha value is -3.89. The van der Waals surface area contributed by atoms with Gasteiger partial charge in [-0.05, 0) is 52.3 Å². The molecule has 0 saturated heterocycles. The van der Waals surface area contributed by atoms with Crippen LogP contribution >= 0.6 is 0 Å². The highest BCUT2D eigenvalue weighted by Crippen LogP contribution is 2.27. The predicted octanol–water partition coefficient (Wildman–Crippen LogP) is 2.69. The number of amides is 2. The smallest absolute Gasteiger partial charge is 0.415 e. The molecule has 0 spiro atoms. The van der Waals surface area contributed by atoms with Crippen molar-refractivity contribution in [3.05, 3.63) is 47.7 Å². The first-order valence-electron chi connectivity index (χ1n) is 11.9. The van der Waals surface area contributed by atoms with Crippen molar-refractivity contribution in [2.45, 2.75) is 58.7 Å². The van der Waals surface area contributed by atoms with Gasteiger partial charge >= 0.3 is 24.0 Å². The summed E-state index contributed by atoms with van der Waals surface area (Å²) in [5.74, 6) is -3.20. The van der Waals surface area contributed by atoms with Crippen LogP contribution < -0.4 is 0 Å². The molecule has 0 saturated carbocycles. The summed E-state index contributed by atoms with van der Waals surface area (Å²) in [6.07, 6.45) is 0.558. The van der Waals surface area contributed by atoms with Crippen LogP contribution in [-0.4, -0.2) is 84.3 Å². The minimum Gasteiger partial charge on any atom is -0.464 e. The van der Waals surface area contributed by atoms with Crippen LogP contribution in [0, 0.1) is 0 Å². The third kappa shape index (κ3) is 8.06. The first-order valence-corrected chi connectivity index (χ1v) is 11.9. The highest BCUT2D eigenvalue weighted by atomic mass is 16.6. The van der Waals surface area contributed by atoms with Crippen molar-refractivity contribution >= 4 is 29.9 Å². The van der Waals surface area contributed by atoms with E-state index >= 15 is 0 Å². The molecule has 37 heavy (non-hydrogen) atoms. The van der Waals surface area contributed by atoms with E-state index in [0.717, 1.165) is 9.80 Å². The van der Waals surface area contributed by atoms with E-state index in [4.69, 9.17) is 18.9 Å². The van der Waals surface area contributed by atoms with Crippen LogP contribution in [-0.2, 0) is 33.3 Å². The maximum atomic E-state index is 13.5. The summed E-state index contributed by atoms with van der Waals surface area (Å²) in [4.78, 5) is 65.8. The van der Waals surface area contributed by atoms with Gasteiger partial charge in [-0.1, -0.05) is 18.2 Å². The number of likely N-dealkylation sites (N-methyl/N-ethyl adjacent to an activating group) is 1. The molecule has 0 N–H and O–H groups in total. The Labute approximate surface area is 216 Å². The molecular formula is C26H34N2O9. The van der Waals surface area contributed by atoms with Crippen LogP contribution in [0.15, 0.2) is 42.1 Å². The van der Waals surface area contributed by atoms with Gasteiger partial charge in [-0.25, -0.2) is 19.2 Å². The molecule has 11 heteroatoms. The lowest BCUT2D eigenvalue weighted by molar-refractivity contribution is -0.167. The molecule has 2 rings (SSSR count). The highest BCUT2D eigenvalue weighted by molar-refractivity contribution is 6.03. The normalized spacial score (nSPS) is 15.1. The molecule has 2 amide bonds. The molecule has 11 nitrogen and oxygen atoms in total. The highest BCUT2D eigenvalue weighted by Gasteiger charge is 2.44. The second kappa shape index (κ2) is 12.9. The number of esters is 3. The minimum absolute atomic E-state index is 0.0111. The molecule has 1 atom stereocenters. The Bertz CT molecular complexity index is 1010. The molecule has 1 unspecified atom stereocenters. The van der Waals surface area contributed by atoms with E-state index in [2.05, 4.69) is 0 Å². The summed E-state index contributed by atoms with van der Waals surface area (Å²) in [5.41, 5.74) is -0.0411. The third-order valence-electron chi connectivity index (χ3n) is 5.16. The number of hydrogen-bond donors (Lipinski definition) is 0. The molecule has 1 aromatic rings. The van der Waals surface area contributed by atoms with Gasteiger partial charge in [-0.2, -0.15) is 0 Å². The molecule has 1 aliphatic rings. The van der Waals surface area contributed by atoms with Crippen molar-refractivity contribution in [2.75, 3.05) is 26.9 Å². The summed E-state index contributed by atoms with van der Waals surface area (Å²) in [6.45, 7) is 7.95. The number of hydrogen-bond acceptors (Lipinski definition) is 9. The average Bonchev–Trinajstić information content (AvgIpc) is 3.26. The molecular weight excluding hydrogens is 484 g/mol. The van der Waals surface area contributed by atoms with Crippen molar-refractivity contribution in [3.8, 4) is 0 Å².